The van der Waals surface area contributed by atoms with Gasteiger partial charge in [0.15, 0.2) is 0 Å². The van der Waals surface area contributed by atoms with Gasteiger partial charge in [0.1, 0.15) is 0 Å². The number of rotatable bonds is 92. The summed E-state index contributed by atoms with van der Waals surface area (Å²) in [4.78, 5) is 0. The van der Waals surface area contributed by atoms with E-state index in [1.807, 2.05) is 0 Å². The summed E-state index contributed by atoms with van der Waals surface area (Å²) in [5.74, 6) is 2.05. The first-order valence-corrected chi connectivity index (χ1v) is 47.9. The summed E-state index contributed by atoms with van der Waals surface area (Å²) in [6.45, 7) is 11.3. The first-order valence-electron chi connectivity index (χ1n) is 47.9. The molecule has 2 atom stereocenters. The topological polar surface area (TPSA) is 9.23 Å². The Morgan fingerprint density at radius 2 is 0.206 bits per heavy atom. The van der Waals surface area contributed by atoms with Gasteiger partial charge >= 0.3 is 0 Å². The largest absolute Gasteiger partial charge is 0.381 e. The van der Waals surface area contributed by atoms with E-state index in [2.05, 4.69) is 27.7 Å². The molecule has 1 heteroatoms. The second-order valence-electron chi connectivity index (χ2n) is 33.7. The van der Waals surface area contributed by atoms with E-state index in [4.69, 9.17) is 4.74 Å². The third-order valence-electron chi connectivity index (χ3n) is 23.7. The molecule has 0 radical (unpaired) electrons. The summed E-state index contributed by atoms with van der Waals surface area (Å²) >= 11 is 0. The minimum absolute atomic E-state index is 0.999. The quantitative estimate of drug-likeness (QED) is 0.0552. The van der Waals surface area contributed by atoms with Gasteiger partial charge < -0.3 is 4.74 Å². The Kier molecular flexibility index (Phi) is 92.0. The van der Waals surface area contributed by atoms with Crippen LogP contribution in [0.1, 0.15) is 593 Å². The molecule has 97 heavy (non-hydrogen) atoms. The molecule has 584 valence electrons. The summed E-state index contributed by atoms with van der Waals surface area (Å²) in [7, 11) is 0. The number of hydrogen-bond donors (Lipinski definition) is 0. The van der Waals surface area contributed by atoms with E-state index in [0.29, 0.717) is 0 Å². The molecule has 0 heterocycles. The van der Waals surface area contributed by atoms with Crippen molar-refractivity contribution in [3.8, 4) is 0 Å². The predicted molar refractivity (Wildman–Crippen MR) is 447 cm³/mol. The van der Waals surface area contributed by atoms with Crippen LogP contribution in [0.15, 0.2) is 0 Å². The molecule has 0 spiro atoms. The van der Waals surface area contributed by atoms with Gasteiger partial charge in [-0.3, -0.25) is 0 Å². The highest BCUT2D eigenvalue weighted by molar-refractivity contribution is 4.65. The minimum Gasteiger partial charge on any atom is -0.381 e. The van der Waals surface area contributed by atoms with Crippen molar-refractivity contribution in [2.75, 3.05) is 13.2 Å². The van der Waals surface area contributed by atoms with E-state index >= 15 is 0 Å². The smallest absolute Gasteiger partial charge is 0.0466 e. The van der Waals surface area contributed by atoms with Crippen molar-refractivity contribution in [3.63, 3.8) is 0 Å². The molecule has 0 N–H and O–H groups in total. The Labute approximate surface area is 619 Å². The number of ether oxygens (including phenoxy) is 1. The van der Waals surface area contributed by atoms with Gasteiger partial charge in [-0.1, -0.05) is 580 Å². The van der Waals surface area contributed by atoms with Crippen LogP contribution >= 0.6 is 0 Å². The molecule has 0 aliphatic rings. The van der Waals surface area contributed by atoms with Crippen LogP contribution in [-0.2, 0) is 4.74 Å². The second kappa shape index (κ2) is 92.0. The molecular weight excluding hydrogens is 1170 g/mol. The molecular formula is C96H194O. The molecule has 0 bridgehead atoms. The van der Waals surface area contributed by atoms with Gasteiger partial charge in [0, 0.05) is 13.2 Å². The van der Waals surface area contributed by atoms with Crippen LogP contribution in [0.3, 0.4) is 0 Å². The standard InChI is InChI=1S/C96H194O/c1-5-9-13-17-21-25-29-33-41-49-57-65-73-81-89-95(87-79-71-63-55-47-31-27-23-19-15-11-7-3)91-83-75-67-59-51-43-37-35-39-45-53-61-69-77-85-93-97-94-86-78-70-62-54-46-40-36-38-44-52-60-68-76-84-92-96(88-80-72-64-56-48-32-28-24-20-16-12-8-4)90-82-74-66-58-50-42-34-30-26-22-18-14-10-6-2/h95-96H,5-94H2,1-4H3. The maximum absolute atomic E-state index is 6.05. The average Bonchev–Trinajstić information content (AvgIpc) is 3.81. The van der Waals surface area contributed by atoms with Crippen molar-refractivity contribution in [1.82, 2.24) is 0 Å². The van der Waals surface area contributed by atoms with Crippen molar-refractivity contribution in [3.05, 3.63) is 0 Å². The summed E-state index contributed by atoms with van der Waals surface area (Å²) in [5.41, 5.74) is 0. The second-order valence-corrected chi connectivity index (χ2v) is 33.7. The molecule has 2 unspecified atom stereocenters. The zero-order valence-electron chi connectivity index (χ0n) is 69.2. The third kappa shape index (κ3) is 88.3. The summed E-state index contributed by atoms with van der Waals surface area (Å²) < 4.78 is 6.05. The highest BCUT2D eigenvalue weighted by atomic mass is 16.5. The lowest BCUT2D eigenvalue weighted by Crippen LogP contribution is -2.01. The minimum atomic E-state index is 0.999. The lowest BCUT2D eigenvalue weighted by molar-refractivity contribution is 0.125. The van der Waals surface area contributed by atoms with Crippen molar-refractivity contribution in [2.24, 2.45) is 11.8 Å². The number of unbranched alkanes of at least 4 members (excludes halogenated alkanes) is 76. The third-order valence-corrected chi connectivity index (χ3v) is 23.7. The van der Waals surface area contributed by atoms with Gasteiger partial charge in [-0.25, -0.2) is 0 Å². The molecule has 0 aromatic heterocycles. The summed E-state index contributed by atoms with van der Waals surface area (Å²) in [5, 5.41) is 0. The lowest BCUT2D eigenvalue weighted by atomic mass is 9.89. The summed E-state index contributed by atoms with van der Waals surface area (Å²) in [6.07, 6.45) is 130. The Bertz CT molecular complexity index is 1190. The lowest BCUT2D eigenvalue weighted by Gasteiger charge is -2.17. The molecule has 0 aromatic rings. The van der Waals surface area contributed by atoms with Crippen LogP contribution in [0, 0.1) is 11.8 Å². The van der Waals surface area contributed by atoms with Gasteiger partial charge in [0.25, 0.3) is 0 Å². The highest BCUT2D eigenvalue weighted by Gasteiger charge is 2.12. The van der Waals surface area contributed by atoms with Crippen LogP contribution in [0.4, 0.5) is 0 Å². The van der Waals surface area contributed by atoms with Crippen molar-refractivity contribution in [2.45, 2.75) is 593 Å². The van der Waals surface area contributed by atoms with Crippen LogP contribution < -0.4 is 0 Å². The van der Waals surface area contributed by atoms with E-state index < -0.39 is 0 Å². The molecule has 0 aliphatic heterocycles. The molecule has 0 aliphatic carbocycles. The zero-order chi connectivity index (χ0) is 69.5. The monoisotopic (exact) mass is 1360 g/mol. The fourth-order valence-electron chi connectivity index (χ4n) is 16.6. The number of hydrogen-bond acceptors (Lipinski definition) is 1. The van der Waals surface area contributed by atoms with E-state index in [9.17, 15) is 0 Å². The van der Waals surface area contributed by atoms with Gasteiger partial charge in [-0.2, -0.15) is 0 Å². The normalized spacial score (nSPS) is 12.5. The summed E-state index contributed by atoms with van der Waals surface area (Å²) in [6, 6.07) is 0. The molecule has 1 nitrogen and oxygen atoms in total. The fourth-order valence-corrected chi connectivity index (χ4v) is 16.6. The van der Waals surface area contributed by atoms with Crippen LogP contribution in [0.25, 0.3) is 0 Å². The Balaban J connectivity index is 3.81. The molecule has 0 saturated heterocycles. The van der Waals surface area contributed by atoms with Crippen molar-refractivity contribution >= 4 is 0 Å². The maximum Gasteiger partial charge on any atom is 0.0466 e. The van der Waals surface area contributed by atoms with E-state index in [0.717, 1.165) is 25.0 Å². The van der Waals surface area contributed by atoms with E-state index in [-0.39, 0.29) is 0 Å². The van der Waals surface area contributed by atoms with Crippen LogP contribution in [0.5, 0.6) is 0 Å². The molecule has 0 fully saturated rings. The van der Waals surface area contributed by atoms with Crippen molar-refractivity contribution in [1.29, 1.82) is 0 Å². The first-order chi connectivity index (χ1) is 48.3. The Morgan fingerprint density at radius 3 is 0.320 bits per heavy atom. The fraction of sp³-hybridized carbons (Fsp3) is 1.00. The Morgan fingerprint density at radius 1 is 0.113 bits per heavy atom. The average molecular weight is 1360 g/mol. The van der Waals surface area contributed by atoms with Gasteiger partial charge in [-0.15, -0.1) is 0 Å². The van der Waals surface area contributed by atoms with Crippen LogP contribution in [-0.4, -0.2) is 13.2 Å². The SMILES string of the molecule is CCCCCCCCCCCCCCCCC(CCCCCCCCCCCCCC)CCCCCCCCCCCCCCCCCOCCCCCCCCCCCCCCCCCC(CCCCCCCCCCCCCC)CCCCCCCCCCCCCCCC. The van der Waals surface area contributed by atoms with Gasteiger partial charge in [-0.05, 0) is 24.7 Å². The molecule has 0 aromatic carbocycles. The van der Waals surface area contributed by atoms with Gasteiger partial charge in [0.2, 0.25) is 0 Å². The van der Waals surface area contributed by atoms with E-state index in [1.54, 1.807) is 0 Å². The predicted octanol–water partition coefficient (Wildman–Crippen LogP) is 36.6. The molecule has 0 rings (SSSR count). The highest BCUT2D eigenvalue weighted by Crippen LogP contribution is 2.28. The first kappa shape index (κ1) is 97.0. The molecule has 0 amide bonds. The maximum atomic E-state index is 6.05. The van der Waals surface area contributed by atoms with Crippen molar-refractivity contribution < 1.29 is 4.74 Å². The zero-order valence-corrected chi connectivity index (χ0v) is 69.2. The Hall–Kier alpha value is -0.0400. The van der Waals surface area contributed by atoms with E-state index in [1.165, 1.54) is 565 Å². The van der Waals surface area contributed by atoms with Crippen LogP contribution in [0.2, 0.25) is 0 Å². The molecule has 0 saturated carbocycles. The van der Waals surface area contributed by atoms with Gasteiger partial charge in [0.05, 0.1) is 0 Å².